The van der Waals surface area contributed by atoms with E-state index in [9.17, 15) is 9.18 Å². The van der Waals surface area contributed by atoms with Gasteiger partial charge in [0.05, 0.1) is 24.5 Å². The summed E-state index contributed by atoms with van der Waals surface area (Å²) in [7, 11) is 0. The van der Waals surface area contributed by atoms with Crippen LogP contribution in [0.5, 0.6) is 0 Å². The maximum absolute atomic E-state index is 13.6. The Morgan fingerprint density at radius 3 is 2.81 bits per heavy atom. The van der Waals surface area contributed by atoms with Gasteiger partial charge in [0.1, 0.15) is 11.9 Å². The molecule has 0 aliphatic carbocycles. The molecule has 1 aliphatic rings. The van der Waals surface area contributed by atoms with Gasteiger partial charge < -0.3 is 9.64 Å². The van der Waals surface area contributed by atoms with Gasteiger partial charge in [0.15, 0.2) is 0 Å². The molecule has 3 rings (SSSR count). The fourth-order valence-electron chi connectivity index (χ4n) is 3.32. The van der Waals surface area contributed by atoms with E-state index in [1.165, 1.54) is 12.1 Å². The number of amides is 1. The number of nitrogens with zero attached hydrogens (tertiary/aromatic N) is 4. The molecular weight excluding hydrogens is 347 g/mol. The molecule has 1 aromatic carbocycles. The number of benzene rings is 1. The highest BCUT2D eigenvalue weighted by Crippen LogP contribution is 2.29. The Hall–Kier alpha value is -2.38. The molecule has 6 nitrogen and oxygen atoms in total. The van der Waals surface area contributed by atoms with Crippen LogP contribution >= 0.6 is 0 Å². The van der Waals surface area contributed by atoms with Crippen molar-refractivity contribution in [3.63, 3.8) is 0 Å². The van der Waals surface area contributed by atoms with E-state index in [0.717, 1.165) is 0 Å². The number of carbonyl (C=O) groups excluding carboxylic acids is 1. The van der Waals surface area contributed by atoms with E-state index in [1.807, 2.05) is 18.7 Å². The molecule has 1 atom stereocenters. The summed E-state index contributed by atoms with van der Waals surface area (Å²) in [6.07, 6.45) is 2.89. The van der Waals surface area contributed by atoms with E-state index in [0.29, 0.717) is 56.3 Å². The first-order valence-corrected chi connectivity index (χ1v) is 9.31. The standard InChI is InChI=1S/C20H25FN4O2/c1-3-25(4-2)18(26)14-24-10-11-27-17(13-24)20-19(22-8-9-23-20)15-6-5-7-16(21)12-15/h5-9,12,17H,3-4,10-11,13-14H2,1-2H3. The summed E-state index contributed by atoms with van der Waals surface area (Å²) in [4.78, 5) is 25.2. The van der Waals surface area contributed by atoms with Gasteiger partial charge in [0, 0.05) is 44.1 Å². The summed E-state index contributed by atoms with van der Waals surface area (Å²) in [6.45, 7) is 7.48. The second-order valence-corrected chi connectivity index (χ2v) is 6.46. The van der Waals surface area contributed by atoms with Crippen LogP contribution in [0.15, 0.2) is 36.7 Å². The van der Waals surface area contributed by atoms with Gasteiger partial charge in [-0.05, 0) is 26.0 Å². The van der Waals surface area contributed by atoms with E-state index >= 15 is 0 Å². The van der Waals surface area contributed by atoms with Crippen LogP contribution < -0.4 is 0 Å². The zero-order valence-corrected chi connectivity index (χ0v) is 15.8. The van der Waals surface area contributed by atoms with E-state index in [2.05, 4.69) is 14.9 Å². The van der Waals surface area contributed by atoms with Gasteiger partial charge in [-0.15, -0.1) is 0 Å². The topological polar surface area (TPSA) is 58.6 Å². The first kappa shape index (κ1) is 19.4. The van der Waals surface area contributed by atoms with Crippen molar-refractivity contribution in [2.75, 3.05) is 39.3 Å². The van der Waals surface area contributed by atoms with Crippen molar-refractivity contribution in [1.82, 2.24) is 19.8 Å². The molecule has 1 saturated heterocycles. The predicted octanol–water partition coefficient (Wildman–Crippen LogP) is 2.52. The lowest BCUT2D eigenvalue weighted by molar-refractivity contribution is -0.134. The van der Waals surface area contributed by atoms with Crippen LogP contribution in [0.25, 0.3) is 11.3 Å². The molecule has 1 aliphatic heterocycles. The summed E-state index contributed by atoms with van der Waals surface area (Å²) in [5, 5.41) is 0. The molecule has 27 heavy (non-hydrogen) atoms. The van der Waals surface area contributed by atoms with Crippen LogP contribution in [-0.4, -0.2) is 65.0 Å². The number of morpholine rings is 1. The van der Waals surface area contributed by atoms with E-state index in [-0.39, 0.29) is 17.8 Å². The van der Waals surface area contributed by atoms with Gasteiger partial charge in [-0.25, -0.2) is 4.39 Å². The highest BCUT2D eigenvalue weighted by Gasteiger charge is 2.28. The minimum absolute atomic E-state index is 0.116. The van der Waals surface area contributed by atoms with Crippen molar-refractivity contribution in [1.29, 1.82) is 0 Å². The SMILES string of the molecule is CCN(CC)C(=O)CN1CCOC(c2nccnc2-c2cccc(F)c2)C1. The Balaban J connectivity index is 1.78. The van der Waals surface area contributed by atoms with Crippen molar-refractivity contribution in [2.45, 2.75) is 20.0 Å². The number of halogens is 1. The third-order valence-corrected chi connectivity index (χ3v) is 4.76. The fraction of sp³-hybridized carbons (Fsp3) is 0.450. The molecule has 1 fully saturated rings. The van der Waals surface area contributed by atoms with Crippen molar-refractivity contribution in [2.24, 2.45) is 0 Å². The Labute approximate surface area is 159 Å². The molecule has 144 valence electrons. The first-order valence-electron chi connectivity index (χ1n) is 9.31. The average molecular weight is 372 g/mol. The number of likely N-dealkylation sites (N-methyl/N-ethyl adjacent to an activating group) is 1. The van der Waals surface area contributed by atoms with Gasteiger partial charge >= 0.3 is 0 Å². The second-order valence-electron chi connectivity index (χ2n) is 6.46. The highest BCUT2D eigenvalue weighted by atomic mass is 19.1. The minimum Gasteiger partial charge on any atom is -0.369 e. The Morgan fingerprint density at radius 2 is 2.07 bits per heavy atom. The fourth-order valence-corrected chi connectivity index (χ4v) is 3.32. The van der Waals surface area contributed by atoms with Crippen molar-refractivity contribution in [3.05, 3.63) is 48.2 Å². The second kappa shape index (κ2) is 9.01. The highest BCUT2D eigenvalue weighted by molar-refractivity contribution is 5.78. The van der Waals surface area contributed by atoms with Crippen LogP contribution in [0.2, 0.25) is 0 Å². The van der Waals surface area contributed by atoms with Crippen molar-refractivity contribution < 1.29 is 13.9 Å². The van der Waals surface area contributed by atoms with Crippen LogP contribution in [-0.2, 0) is 9.53 Å². The maximum Gasteiger partial charge on any atom is 0.236 e. The van der Waals surface area contributed by atoms with E-state index < -0.39 is 0 Å². The van der Waals surface area contributed by atoms with Crippen molar-refractivity contribution >= 4 is 5.91 Å². The molecule has 1 aromatic heterocycles. The Kier molecular flexibility index (Phi) is 6.47. The van der Waals surface area contributed by atoms with Gasteiger partial charge in [-0.1, -0.05) is 12.1 Å². The minimum atomic E-state index is -0.319. The smallest absolute Gasteiger partial charge is 0.236 e. The monoisotopic (exact) mass is 372 g/mol. The molecule has 1 unspecified atom stereocenters. The Bertz CT molecular complexity index is 782. The van der Waals surface area contributed by atoms with E-state index in [1.54, 1.807) is 24.5 Å². The lowest BCUT2D eigenvalue weighted by Gasteiger charge is -2.33. The quantitative estimate of drug-likeness (QED) is 0.780. The number of hydrogen-bond acceptors (Lipinski definition) is 5. The molecule has 2 aromatic rings. The largest absolute Gasteiger partial charge is 0.369 e. The maximum atomic E-state index is 13.6. The lowest BCUT2D eigenvalue weighted by atomic mass is 10.1. The number of aromatic nitrogens is 2. The number of hydrogen-bond donors (Lipinski definition) is 0. The average Bonchev–Trinajstić information content (AvgIpc) is 2.69. The van der Waals surface area contributed by atoms with Gasteiger partial charge in [-0.2, -0.15) is 0 Å². The van der Waals surface area contributed by atoms with Gasteiger partial charge in [0.2, 0.25) is 5.91 Å². The number of ether oxygens (including phenoxy) is 1. The Morgan fingerprint density at radius 1 is 1.30 bits per heavy atom. The number of rotatable bonds is 6. The third-order valence-electron chi connectivity index (χ3n) is 4.76. The molecule has 0 spiro atoms. The predicted molar refractivity (Wildman–Crippen MR) is 100 cm³/mol. The number of carbonyl (C=O) groups is 1. The lowest BCUT2D eigenvalue weighted by Crippen LogP contribution is -2.45. The normalized spacial score (nSPS) is 17.7. The third kappa shape index (κ3) is 4.67. The molecule has 0 radical (unpaired) electrons. The van der Waals surface area contributed by atoms with Crippen LogP contribution in [0.1, 0.15) is 25.6 Å². The van der Waals surface area contributed by atoms with Crippen LogP contribution in [0.4, 0.5) is 4.39 Å². The molecule has 0 bridgehead atoms. The molecular formula is C20H25FN4O2. The molecule has 1 amide bonds. The molecule has 2 heterocycles. The molecule has 0 saturated carbocycles. The van der Waals surface area contributed by atoms with Crippen LogP contribution in [0.3, 0.4) is 0 Å². The van der Waals surface area contributed by atoms with Crippen molar-refractivity contribution in [3.8, 4) is 11.3 Å². The summed E-state index contributed by atoms with van der Waals surface area (Å²) >= 11 is 0. The molecule has 0 N–H and O–H groups in total. The zero-order chi connectivity index (χ0) is 19.2. The van der Waals surface area contributed by atoms with E-state index in [4.69, 9.17) is 4.74 Å². The molecule has 7 heteroatoms. The zero-order valence-electron chi connectivity index (χ0n) is 15.8. The summed E-state index contributed by atoms with van der Waals surface area (Å²) in [5.74, 6) is -0.203. The van der Waals surface area contributed by atoms with Crippen LogP contribution in [0, 0.1) is 5.82 Å². The summed E-state index contributed by atoms with van der Waals surface area (Å²) in [5.41, 5.74) is 1.94. The van der Waals surface area contributed by atoms with Gasteiger partial charge in [0.25, 0.3) is 0 Å². The summed E-state index contributed by atoms with van der Waals surface area (Å²) in [6, 6.07) is 6.30. The first-order chi connectivity index (χ1) is 13.1. The van der Waals surface area contributed by atoms with Gasteiger partial charge in [-0.3, -0.25) is 19.7 Å². The summed E-state index contributed by atoms with van der Waals surface area (Å²) < 4.78 is 19.6.